The molecule has 1 aromatic rings. The molecule has 0 aromatic heterocycles. The van der Waals surface area contributed by atoms with Crippen molar-refractivity contribution >= 4 is 23.2 Å². The first-order valence-corrected chi connectivity index (χ1v) is 7.01. The summed E-state index contributed by atoms with van der Waals surface area (Å²) in [4.78, 5) is 25.4. The second-order valence-corrected chi connectivity index (χ2v) is 5.24. The Morgan fingerprint density at radius 2 is 2.10 bits per heavy atom. The number of benzene rings is 1. The van der Waals surface area contributed by atoms with Crippen LogP contribution in [-0.4, -0.2) is 29.8 Å². The fraction of sp³-hybridized carbons (Fsp3) is 0.467. The van der Waals surface area contributed by atoms with E-state index < -0.39 is 0 Å². The third-order valence-electron chi connectivity index (χ3n) is 3.68. The Bertz CT molecular complexity index is 484. The molecular formula is C15H21N3O2. The van der Waals surface area contributed by atoms with Crippen LogP contribution < -0.4 is 11.1 Å². The Labute approximate surface area is 119 Å². The number of hydrogen-bond donors (Lipinski definition) is 2. The molecule has 1 atom stereocenters. The summed E-state index contributed by atoms with van der Waals surface area (Å²) in [5.74, 6) is 0.530. The lowest BCUT2D eigenvalue weighted by Crippen LogP contribution is -2.29. The molecule has 1 saturated heterocycles. The molecule has 20 heavy (non-hydrogen) atoms. The Morgan fingerprint density at radius 3 is 2.70 bits per heavy atom. The number of nitrogens with two attached hydrogens (primary N) is 1. The molecule has 1 unspecified atom stereocenters. The second-order valence-electron chi connectivity index (χ2n) is 5.24. The number of nitrogens with zero attached hydrogens (tertiary/aromatic N) is 1. The average Bonchev–Trinajstić information content (AvgIpc) is 2.80. The fourth-order valence-corrected chi connectivity index (χ4v) is 2.37. The normalized spacial score (nSPS) is 18.4. The molecule has 0 radical (unpaired) electrons. The highest BCUT2D eigenvalue weighted by Crippen LogP contribution is 2.20. The van der Waals surface area contributed by atoms with Crippen LogP contribution in [0.15, 0.2) is 24.3 Å². The van der Waals surface area contributed by atoms with E-state index in [1.54, 1.807) is 29.2 Å². The molecule has 5 nitrogen and oxygen atoms in total. The molecule has 1 aliphatic heterocycles. The zero-order valence-electron chi connectivity index (χ0n) is 11.8. The summed E-state index contributed by atoms with van der Waals surface area (Å²) in [6, 6.07) is 7.01. The third-order valence-corrected chi connectivity index (χ3v) is 3.68. The van der Waals surface area contributed by atoms with Gasteiger partial charge < -0.3 is 16.0 Å². The number of hydrogen-bond acceptors (Lipinski definition) is 3. The van der Waals surface area contributed by atoms with E-state index in [0.29, 0.717) is 31.0 Å². The van der Waals surface area contributed by atoms with E-state index in [9.17, 15) is 9.59 Å². The van der Waals surface area contributed by atoms with Crippen LogP contribution >= 0.6 is 0 Å². The van der Waals surface area contributed by atoms with Crippen LogP contribution in [0.2, 0.25) is 0 Å². The van der Waals surface area contributed by atoms with Crippen molar-refractivity contribution in [2.75, 3.05) is 24.1 Å². The van der Waals surface area contributed by atoms with E-state index >= 15 is 0 Å². The van der Waals surface area contributed by atoms with Gasteiger partial charge in [0.05, 0.1) is 0 Å². The van der Waals surface area contributed by atoms with Crippen molar-refractivity contribution < 1.29 is 9.59 Å². The zero-order chi connectivity index (χ0) is 14.5. The Balaban J connectivity index is 1.78. The minimum Gasteiger partial charge on any atom is -0.399 e. The lowest BCUT2D eigenvalue weighted by molar-refractivity contribution is -0.128. The molecule has 3 N–H and O–H groups in total. The Morgan fingerprint density at radius 1 is 1.40 bits per heavy atom. The average molecular weight is 275 g/mol. The van der Waals surface area contributed by atoms with Gasteiger partial charge in [-0.3, -0.25) is 9.59 Å². The highest BCUT2D eigenvalue weighted by atomic mass is 16.2. The number of nitrogen functional groups attached to an aromatic ring is 1. The minimum atomic E-state index is -0.0810. The van der Waals surface area contributed by atoms with Crippen LogP contribution in [0.5, 0.6) is 0 Å². The lowest BCUT2D eigenvalue weighted by atomic mass is 10.1. The molecule has 2 amide bonds. The highest BCUT2D eigenvalue weighted by Gasteiger charge is 2.28. The Kier molecular flexibility index (Phi) is 4.61. The van der Waals surface area contributed by atoms with Crippen LogP contribution in [0.1, 0.15) is 26.2 Å². The number of likely N-dealkylation sites (tertiary alicyclic amines) is 1. The predicted molar refractivity (Wildman–Crippen MR) is 79.1 cm³/mol. The van der Waals surface area contributed by atoms with Gasteiger partial charge in [-0.2, -0.15) is 0 Å². The van der Waals surface area contributed by atoms with Crippen molar-refractivity contribution in [3.8, 4) is 0 Å². The molecule has 108 valence electrons. The summed E-state index contributed by atoms with van der Waals surface area (Å²) in [7, 11) is 0. The van der Waals surface area contributed by atoms with Gasteiger partial charge in [-0.15, -0.1) is 0 Å². The summed E-state index contributed by atoms with van der Waals surface area (Å²) in [6.07, 6.45) is 1.96. The first kappa shape index (κ1) is 14.4. The predicted octanol–water partition coefficient (Wildman–Crippen LogP) is 1.86. The summed E-state index contributed by atoms with van der Waals surface area (Å²) in [5, 5.41) is 2.80. The Hall–Kier alpha value is -2.04. The van der Waals surface area contributed by atoms with Gasteiger partial charge >= 0.3 is 0 Å². The SMILES string of the molecule is CCC1CC(=O)N(CCC(=O)Nc2ccc(N)cc2)C1. The van der Waals surface area contributed by atoms with Crippen LogP contribution in [0.3, 0.4) is 0 Å². The van der Waals surface area contributed by atoms with Crippen molar-refractivity contribution in [2.45, 2.75) is 26.2 Å². The molecule has 5 heteroatoms. The van der Waals surface area contributed by atoms with E-state index in [-0.39, 0.29) is 11.8 Å². The summed E-state index contributed by atoms with van der Waals surface area (Å²) < 4.78 is 0. The number of amides is 2. The van der Waals surface area contributed by atoms with Crippen molar-refractivity contribution in [1.29, 1.82) is 0 Å². The summed E-state index contributed by atoms with van der Waals surface area (Å²) in [6.45, 7) is 3.37. The van der Waals surface area contributed by atoms with E-state index in [0.717, 1.165) is 18.7 Å². The van der Waals surface area contributed by atoms with Gasteiger partial charge in [0, 0.05) is 37.3 Å². The van der Waals surface area contributed by atoms with E-state index in [4.69, 9.17) is 5.73 Å². The van der Waals surface area contributed by atoms with Crippen LogP contribution in [0.25, 0.3) is 0 Å². The smallest absolute Gasteiger partial charge is 0.226 e. The standard InChI is InChI=1S/C15H21N3O2/c1-2-11-9-15(20)18(10-11)8-7-14(19)17-13-5-3-12(16)4-6-13/h3-6,11H,2,7-10,16H2,1H3,(H,17,19). The van der Waals surface area contributed by atoms with Crippen LogP contribution in [-0.2, 0) is 9.59 Å². The molecule has 1 aromatic carbocycles. The third kappa shape index (κ3) is 3.73. The highest BCUT2D eigenvalue weighted by molar-refractivity contribution is 5.91. The van der Waals surface area contributed by atoms with Gasteiger partial charge in [0.1, 0.15) is 0 Å². The van der Waals surface area contributed by atoms with Crippen molar-refractivity contribution in [3.05, 3.63) is 24.3 Å². The van der Waals surface area contributed by atoms with E-state index in [1.807, 2.05) is 0 Å². The molecule has 2 rings (SSSR count). The molecule has 1 heterocycles. The number of anilines is 2. The number of carbonyl (C=O) groups is 2. The molecular weight excluding hydrogens is 254 g/mol. The summed E-state index contributed by atoms with van der Waals surface area (Å²) in [5.41, 5.74) is 6.97. The minimum absolute atomic E-state index is 0.0810. The molecule has 1 fully saturated rings. The maximum atomic E-state index is 11.8. The van der Waals surface area contributed by atoms with Crippen molar-refractivity contribution in [3.63, 3.8) is 0 Å². The van der Waals surface area contributed by atoms with Gasteiger partial charge in [-0.1, -0.05) is 13.3 Å². The van der Waals surface area contributed by atoms with Gasteiger partial charge in [-0.05, 0) is 30.2 Å². The van der Waals surface area contributed by atoms with Crippen LogP contribution in [0, 0.1) is 5.92 Å². The number of nitrogens with one attached hydrogen (secondary N) is 1. The first-order chi connectivity index (χ1) is 9.58. The molecule has 0 aliphatic carbocycles. The van der Waals surface area contributed by atoms with Gasteiger partial charge in [0.2, 0.25) is 11.8 Å². The maximum Gasteiger partial charge on any atom is 0.226 e. The monoisotopic (exact) mass is 275 g/mol. The van der Waals surface area contributed by atoms with Crippen LogP contribution in [0.4, 0.5) is 11.4 Å². The van der Waals surface area contributed by atoms with E-state index in [1.165, 1.54) is 0 Å². The summed E-state index contributed by atoms with van der Waals surface area (Å²) >= 11 is 0. The fourth-order valence-electron chi connectivity index (χ4n) is 2.37. The second kappa shape index (κ2) is 6.41. The van der Waals surface area contributed by atoms with Gasteiger partial charge in [0.15, 0.2) is 0 Å². The zero-order valence-corrected chi connectivity index (χ0v) is 11.8. The quantitative estimate of drug-likeness (QED) is 0.805. The van der Waals surface area contributed by atoms with Crippen molar-refractivity contribution in [2.24, 2.45) is 5.92 Å². The van der Waals surface area contributed by atoms with E-state index in [2.05, 4.69) is 12.2 Å². The number of rotatable bonds is 5. The molecule has 1 aliphatic rings. The number of carbonyl (C=O) groups excluding carboxylic acids is 2. The maximum absolute atomic E-state index is 11.8. The van der Waals surface area contributed by atoms with Gasteiger partial charge in [0.25, 0.3) is 0 Å². The van der Waals surface area contributed by atoms with Gasteiger partial charge in [-0.25, -0.2) is 0 Å². The largest absolute Gasteiger partial charge is 0.399 e. The molecule has 0 bridgehead atoms. The molecule has 0 saturated carbocycles. The molecule has 0 spiro atoms. The first-order valence-electron chi connectivity index (χ1n) is 7.01. The lowest BCUT2D eigenvalue weighted by Gasteiger charge is -2.16. The van der Waals surface area contributed by atoms with Crippen molar-refractivity contribution in [1.82, 2.24) is 4.90 Å². The topological polar surface area (TPSA) is 75.4 Å².